The Morgan fingerprint density at radius 3 is 2.33 bits per heavy atom. The Kier molecular flexibility index (Phi) is 1.70. The SMILES string of the molecule is C[C@H]1O[C@@H](O)[C@@H]2OC(C)(C)O[C@@H]21. The van der Waals surface area contributed by atoms with E-state index in [1.54, 1.807) is 0 Å². The van der Waals surface area contributed by atoms with Gasteiger partial charge in [0.05, 0.1) is 6.10 Å². The number of hydrogen-bond acceptors (Lipinski definition) is 4. The van der Waals surface area contributed by atoms with E-state index in [4.69, 9.17) is 14.2 Å². The molecule has 4 nitrogen and oxygen atoms in total. The Morgan fingerprint density at radius 2 is 1.75 bits per heavy atom. The van der Waals surface area contributed by atoms with E-state index in [1.165, 1.54) is 0 Å². The van der Waals surface area contributed by atoms with Gasteiger partial charge in [-0.15, -0.1) is 0 Å². The average Bonchev–Trinajstić information content (AvgIpc) is 2.34. The Labute approximate surface area is 71.4 Å². The Bertz CT molecular complexity index is 173. The maximum atomic E-state index is 9.37. The van der Waals surface area contributed by atoms with E-state index in [9.17, 15) is 5.11 Å². The molecule has 0 aromatic heterocycles. The molecule has 2 heterocycles. The molecule has 0 aliphatic carbocycles. The molecule has 0 unspecified atom stereocenters. The summed E-state index contributed by atoms with van der Waals surface area (Å²) >= 11 is 0. The summed E-state index contributed by atoms with van der Waals surface area (Å²) in [4.78, 5) is 0. The Balaban J connectivity index is 2.15. The van der Waals surface area contributed by atoms with Gasteiger partial charge in [0.25, 0.3) is 0 Å². The summed E-state index contributed by atoms with van der Waals surface area (Å²) in [5.41, 5.74) is 0. The topological polar surface area (TPSA) is 47.9 Å². The number of fused-ring (bicyclic) bond motifs is 1. The van der Waals surface area contributed by atoms with Crippen LogP contribution in [0.2, 0.25) is 0 Å². The second-order valence-electron chi connectivity index (χ2n) is 3.80. The lowest BCUT2D eigenvalue weighted by molar-refractivity contribution is -0.217. The highest BCUT2D eigenvalue weighted by Crippen LogP contribution is 2.37. The maximum absolute atomic E-state index is 9.37. The van der Waals surface area contributed by atoms with Crippen LogP contribution in [0, 0.1) is 0 Å². The van der Waals surface area contributed by atoms with Crippen LogP contribution < -0.4 is 0 Å². The first-order valence-electron chi connectivity index (χ1n) is 4.19. The summed E-state index contributed by atoms with van der Waals surface area (Å²) in [6.45, 7) is 5.55. The van der Waals surface area contributed by atoms with Crippen molar-refractivity contribution in [3.63, 3.8) is 0 Å². The van der Waals surface area contributed by atoms with E-state index in [0.29, 0.717) is 0 Å². The van der Waals surface area contributed by atoms with E-state index >= 15 is 0 Å². The molecule has 0 bridgehead atoms. The zero-order chi connectivity index (χ0) is 8.93. The number of aliphatic hydroxyl groups excluding tert-OH is 1. The van der Waals surface area contributed by atoms with Crippen LogP contribution in [-0.4, -0.2) is 35.5 Å². The van der Waals surface area contributed by atoms with Crippen molar-refractivity contribution in [3.8, 4) is 0 Å². The summed E-state index contributed by atoms with van der Waals surface area (Å²) in [7, 11) is 0. The van der Waals surface area contributed by atoms with Crippen LogP contribution in [0.25, 0.3) is 0 Å². The molecule has 0 amide bonds. The van der Waals surface area contributed by atoms with Crippen molar-refractivity contribution < 1.29 is 19.3 Å². The number of rotatable bonds is 0. The fourth-order valence-electron chi connectivity index (χ4n) is 1.78. The Hall–Kier alpha value is -0.160. The fourth-order valence-corrected chi connectivity index (χ4v) is 1.78. The van der Waals surface area contributed by atoms with Crippen molar-refractivity contribution in [1.29, 1.82) is 0 Å². The van der Waals surface area contributed by atoms with Gasteiger partial charge in [-0.1, -0.05) is 0 Å². The maximum Gasteiger partial charge on any atom is 0.184 e. The molecule has 0 radical (unpaired) electrons. The molecule has 2 aliphatic heterocycles. The molecule has 4 atom stereocenters. The summed E-state index contributed by atoms with van der Waals surface area (Å²) in [6, 6.07) is 0. The molecular formula is C8H14O4. The predicted molar refractivity (Wildman–Crippen MR) is 40.4 cm³/mol. The van der Waals surface area contributed by atoms with Crippen LogP contribution in [0.4, 0.5) is 0 Å². The lowest BCUT2D eigenvalue weighted by Gasteiger charge is -2.20. The second-order valence-corrected chi connectivity index (χ2v) is 3.80. The fraction of sp³-hybridized carbons (Fsp3) is 1.00. The first kappa shape index (κ1) is 8.44. The van der Waals surface area contributed by atoms with Crippen LogP contribution in [0.1, 0.15) is 20.8 Å². The first-order valence-corrected chi connectivity index (χ1v) is 4.19. The third-order valence-corrected chi connectivity index (χ3v) is 2.26. The number of ether oxygens (including phenoxy) is 3. The second kappa shape index (κ2) is 2.42. The average molecular weight is 174 g/mol. The minimum atomic E-state index is -0.841. The summed E-state index contributed by atoms with van der Waals surface area (Å²) in [5.74, 6) is -0.589. The molecule has 0 saturated carbocycles. The normalized spacial score (nSPS) is 51.0. The largest absolute Gasteiger partial charge is 0.366 e. The van der Waals surface area contributed by atoms with E-state index in [0.717, 1.165) is 0 Å². The van der Waals surface area contributed by atoms with Crippen LogP contribution in [0.5, 0.6) is 0 Å². The molecule has 1 N–H and O–H groups in total. The van der Waals surface area contributed by atoms with Gasteiger partial charge in [0.15, 0.2) is 12.1 Å². The first-order chi connectivity index (χ1) is 5.49. The molecule has 12 heavy (non-hydrogen) atoms. The van der Waals surface area contributed by atoms with Crippen molar-refractivity contribution >= 4 is 0 Å². The zero-order valence-corrected chi connectivity index (χ0v) is 7.48. The van der Waals surface area contributed by atoms with E-state index < -0.39 is 12.1 Å². The van der Waals surface area contributed by atoms with Gasteiger partial charge in [-0.25, -0.2) is 0 Å². The zero-order valence-electron chi connectivity index (χ0n) is 7.48. The van der Waals surface area contributed by atoms with Crippen LogP contribution in [0.3, 0.4) is 0 Å². The highest BCUT2D eigenvalue weighted by molar-refractivity contribution is 4.92. The predicted octanol–water partition coefficient (Wildman–Crippen LogP) is 0.244. The quantitative estimate of drug-likeness (QED) is 0.571. The molecule has 4 heteroatoms. The molecule has 0 spiro atoms. The van der Waals surface area contributed by atoms with Gasteiger partial charge in [-0.2, -0.15) is 0 Å². The minimum Gasteiger partial charge on any atom is -0.366 e. The van der Waals surface area contributed by atoms with E-state index in [-0.39, 0.29) is 18.3 Å². The van der Waals surface area contributed by atoms with Gasteiger partial charge >= 0.3 is 0 Å². The van der Waals surface area contributed by atoms with Crippen molar-refractivity contribution in [2.24, 2.45) is 0 Å². The van der Waals surface area contributed by atoms with E-state index in [1.807, 2.05) is 20.8 Å². The van der Waals surface area contributed by atoms with Crippen molar-refractivity contribution in [3.05, 3.63) is 0 Å². The van der Waals surface area contributed by atoms with Gasteiger partial charge in [0.1, 0.15) is 12.2 Å². The van der Waals surface area contributed by atoms with Gasteiger partial charge in [0, 0.05) is 0 Å². The molecule has 2 aliphatic rings. The molecule has 0 aromatic carbocycles. The van der Waals surface area contributed by atoms with Crippen LogP contribution >= 0.6 is 0 Å². The third-order valence-electron chi connectivity index (χ3n) is 2.26. The number of aliphatic hydroxyl groups is 1. The molecule has 2 rings (SSSR count). The lowest BCUT2D eigenvalue weighted by Crippen LogP contribution is -2.29. The third kappa shape index (κ3) is 1.15. The summed E-state index contributed by atoms with van der Waals surface area (Å²) < 4.78 is 16.1. The van der Waals surface area contributed by atoms with Crippen molar-refractivity contribution in [2.75, 3.05) is 0 Å². The monoisotopic (exact) mass is 174 g/mol. The smallest absolute Gasteiger partial charge is 0.184 e. The van der Waals surface area contributed by atoms with Gasteiger partial charge in [0.2, 0.25) is 0 Å². The molecule has 70 valence electrons. The van der Waals surface area contributed by atoms with Gasteiger partial charge in [-0.3, -0.25) is 0 Å². The molecule has 2 saturated heterocycles. The summed E-state index contributed by atoms with van der Waals surface area (Å²) in [6.07, 6.45) is -1.39. The van der Waals surface area contributed by atoms with Crippen molar-refractivity contribution in [1.82, 2.24) is 0 Å². The summed E-state index contributed by atoms with van der Waals surface area (Å²) in [5, 5.41) is 9.37. The van der Waals surface area contributed by atoms with Crippen LogP contribution in [0.15, 0.2) is 0 Å². The van der Waals surface area contributed by atoms with Crippen molar-refractivity contribution in [2.45, 2.75) is 51.2 Å². The highest BCUT2D eigenvalue weighted by Gasteiger charge is 2.53. The lowest BCUT2D eigenvalue weighted by atomic mass is 10.2. The minimum absolute atomic E-state index is 0.0909. The van der Waals surface area contributed by atoms with Crippen LogP contribution in [-0.2, 0) is 14.2 Å². The highest BCUT2D eigenvalue weighted by atomic mass is 16.8. The standard InChI is InChI=1S/C8H14O4/c1-4-5-6(7(9)10-4)12-8(2,3)11-5/h4-7,9H,1-3H3/t4-,5-,6-,7-/m1/s1. The van der Waals surface area contributed by atoms with E-state index in [2.05, 4.69) is 0 Å². The van der Waals surface area contributed by atoms with Gasteiger partial charge in [-0.05, 0) is 20.8 Å². The van der Waals surface area contributed by atoms with Gasteiger partial charge < -0.3 is 19.3 Å². The molecule has 0 aromatic rings. The molecular weight excluding hydrogens is 160 g/mol. The Morgan fingerprint density at radius 1 is 1.17 bits per heavy atom. The number of hydrogen-bond donors (Lipinski definition) is 1. The molecule has 2 fully saturated rings.